The molecule has 0 amide bonds. The van der Waals surface area contributed by atoms with E-state index in [9.17, 15) is 9.90 Å². The second-order valence-electron chi connectivity index (χ2n) is 9.87. The fourth-order valence-electron chi connectivity index (χ4n) is 7.90. The van der Waals surface area contributed by atoms with Crippen LogP contribution < -0.4 is 0 Å². The van der Waals surface area contributed by atoms with Crippen LogP contribution in [-0.4, -0.2) is 17.0 Å². The topological polar surface area (TPSA) is 37.3 Å². The molecular weight excluding hydrogens is 284 g/mol. The number of carbonyl (C=O) groups excluding carboxylic acids is 1. The number of ketones is 1. The highest BCUT2D eigenvalue weighted by molar-refractivity contribution is 5.79. The second-order valence-corrected chi connectivity index (χ2v) is 9.87. The number of Topliss-reactive ketones (excluding diaryl/α,β-unsaturated/α-hetero) is 1. The first-order chi connectivity index (χ1) is 10.9. The van der Waals surface area contributed by atoms with E-state index in [1.165, 1.54) is 38.5 Å². The lowest BCUT2D eigenvalue weighted by atomic mass is 9.44. The zero-order valence-corrected chi connectivity index (χ0v) is 15.2. The van der Waals surface area contributed by atoms with Crippen molar-refractivity contribution in [1.29, 1.82) is 0 Å². The summed E-state index contributed by atoms with van der Waals surface area (Å²) in [5.74, 6) is 3.97. The molecule has 4 saturated carbocycles. The van der Waals surface area contributed by atoms with Crippen molar-refractivity contribution in [1.82, 2.24) is 0 Å². The van der Waals surface area contributed by atoms with Crippen molar-refractivity contribution in [2.45, 2.75) is 84.7 Å². The van der Waals surface area contributed by atoms with Gasteiger partial charge in [0, 0.05) is 5.92 Å². The molecule has 1 N–H and O–H groups in total. The van der Waals surface area contributed by atoms with Gasteiger partial charge in [-0.3, -0.25) is 4.79 Å². The Hall–Kier alpha value is -0.370. The molecule has 23 heavy (non-hydrogen) atoms. The Morgan fingerprint density at radius 2 is 1.61 bits per heavy atom. The van der Waals surface area contributed by atoms with E-state index in [0.717, 1.165) is 42.9 Å². The molecule has 4 aliphatic rings. The average molecular weight is 319 g/mol. The minimum atomic E-state index is -0.0490. The summed E-state index contributed by atoms with van der Waals surface area (Å²) in [6.45, 7) is 6.80. The fourth-order valence-corrected chi connectivity index (χ4v) is 7.90. The third-order valence-corrected chi connectivity index (χ3v) is 9.13. The Morgan fingerprint density at radius 1 is 0.913 bits per heavy atom. The van der Waals surface area contributed by atoms with Crippen LogP contribution in [0.15, 0.2) is 0 Å². The lowest BCUT2D eigenvalue weighted by Gasteiger charge is -2.60. The van der Waals surface area contributed by atoms with Gasteiger partial charge in [0.25, 0.3) is 0 Å². The number of carbonyl (C=O) groups is 1. The van der Waals surface area contributed by atoms with Gasteiger partial charge in [-0.25, -0.2) is 0 Å². The molecular formula is C21H34O2. The molecule has 0 unspecified atom stereocenters. The molecule has 0 aromatic rings. The Labute approximate surface area is 141 Å². The Bertz CT molecular complexity index is 500. The number of hydrogen-bond donors (Lipinski definition) is 1. The van der Waals surface area contributed by atoms with Crippen molar-refractivity contribution in [3.8, 4) is 0 Å². The molecule has 4 aliphatic carbocycles. The summed E-state index contributed by atoms with van der Waals surface area (Å²) in [5.41, 5.74) is 0.738. The minimum Gasteiger partial charge on any atom is -0.393 e. The number of aliphatic hydroxyl groups is 1. The van der Waals surface area contributed by atoms with Crippen molar-refractivity contribution in [2.24, 2.45) is 40.4 Å². The zero-order chi connectivity index (χ0) is 16.4. The fraction of sp³-hybridized carbons (Fsp3) is 0.952. The zero-order valence-electron chi connectivity index (χ0n) is 15.2. The molecule has 8 atom stereocenters. The van der Waals surface area contributed by atoms with Gasteiger partial charge in [0.15, 0.2) is 0 Å². The highest BCUT2D eigenvalue weighted by atomic mass is 16.3. The summed E-state index contributed by atoms with van der Waals surface area (Å²) in [6, 6.07) is 0. The van der Waals surface area contributed by atoms with Gasteiger partial charge in [-0.05, 0) is 99.2 Å². The van der Waals surface area contributed by atoms with Crippen LogP contribution in [0.1, 0.15) is 78.6 Å². The van der Waals surface area contributed by atoms with Crippen molar-refractivity contribution in [2.75, 3.05) is 0 Å². The van der Waals surface area contributed by atoms with Crippen molar-refractivity contribution in [3.05, 3.63) is 0 Å². The molecule has 4 fully saturated rings. The Balaban J connectivity index is 1.61. The van der Waals surface area contributed by atoms with Crippen molar-refractivity contribution < 1.29 is 9.90 Å². The van der Waals surface area contributed by atoms with Gasteiger partial charge >= 0.3 is 0 Å². The number of hydrogen-bond acceptors (Lipinski definition) is 2. The third-order valence-electron chi connectivity index (χ3n) is 9.13. The standard InChI is InChI=1S/C21H34O2/c1-13(22)17-6-7-18-16-5-4-14-12-15(23)8-10-20(14,2)19(16)9-11-21(17,18)3/h14-19,23H,4-12H2,1-3H3/t14-,15+,16-,17-,18-,19-,20-,21+/m1/s1. The molecule has 0 spiro atoms. The van der Waals surface area contributed by atoms with E-state index < -0.39 is 0 Å². The molecule has 0 bridgehead atoms. The quantitative estimate of drug-likeness (QED) is 0.767. The molecule has 0 heterocycles. The normalized spacial score (nSPS) is 55.7. The highest BCUT2D eigenvalue weighted by Crippen LogP contribution is 2.67. The summed E-state index contributed by atoms with van der Waals surface area (Å²) in [5, 5.41) is 10.1. The van der Waals surface area contributed by atoms with Crippen LogP contribution in [0.5, 0.6) is 0 Å². The largest absolute Gasteiger partial charge is 0.393 e. The first-order valence-corrected chi connectivity index (χ1v) is 10.0. The first kappa shape index (κ1) is 16.1. The van der Waals surface area contributed by atoms with Gasteiger partial charge in [0.2, 0.25) is 0 Å². The Morgan fingerprint density at radius 3 is 2.35 bits per heavy atom. The molecule has 0 aromatic heterocycles. The van der Waals surface area contributed by atoms with Crippen LogP contribution in [0.2, 0.25) is 0 Å². The van der Waals surface area contributed by atoms with Crippen LogP contribution in [0, 0.1) is 40.4 Å². The van der Waals surface area contributed by atoms with Gasteiger partial charge in [-0.15, -0.1) is 0 Å². The summed E-state index contributed by atoms with van der Waals surface area (Å²) in [4.78, 5) is 12.2. The molecule has 0 saturated heterocycles. The molecule has 4 rings (SSSR count). The summed E-state index contributed by atoms with van der Waals surface area (Å²) < 4.78 is 0. The predicted molar refractivity (Wildman–Crippen MR) is 91.9 cm³/mol. The van der Waals surface area contributed by atoms with Gasteiger partial charge < -0.3 is 5.11 Å². The average Bonchev–Trinajstić information content (AvgIpc) is 2.85. The first-order valence-electron chi connectivity index (χ1n) is 10.0. The van der Waals surface area contributed by atoms with Crippen LogP contribution in [0.25, 0.3) is 0 Å². The minimum absolute atomic E-state index is 0.0490. The van der Waals surface area contributed by atoms with Gasteiger partial charge in [-0.2, -0.15) is 0 Å². The maximum absolute atomic E-state index is 12.2. The van der Waals surface area contributed by atoms with E-state index in [1.54, 1.807) is 0 Å². The van der Waals surface area contributed by atoms with Crippen LogP contribution in [0.3, 0.4) is 0 Å². The van der Waals surface area contributed by atoms with Crippen molar-refractivity contribution >= 4 is 5.78 Å². The van der Waals surface area contributed by atoms with Crippen LogP contribution >= 0.6 is 0 Å². The lowest BCUT2D eigenvalue weighted by Crippen LogP contribution is -2.54. The van der Waals surface area contributed by atoms with Crippen LogP contribution in [0.4, 0.5) is 0 Å². The third kappa shape index (κ3) is 2.19. The smallest absolute Gasteiger partial charge is 0.133 e. The summed E-state index contributed by atoms with van der Waals surface area (Å²) in [7, 11) is 0. The summed E-state index contributed by atoms with van der Waals surface area (Å²) >= 11 is 0. The monoisotopic (exact) mass is 318 g/mol. The number of aliphatic hydroxyl groups excluding tert-OH is 1. The van der Waals surface area contributed by atoms with E-state index in [-0.39, 0.29) is 11.5 Å². The van der Waals surface area contributed by atoms with E-state index in [4.69, 9.17) is 0 Å². The van der Waals surface area contributed by atoms with E-state index in [0.29, 0.717) is 17.1 Å². The van der Waals surface area contributed by atoms with Crippen LogP contribution in [-0.2, 0) is 4.79 Å². The summed E-state index contributed by atoms with van der Waals surface area (Å²) in [6.07, 6.45) is 10.9. The highest BCUT2D eigenvalue weighted by Gasteiger charge is 2.60. The van der Waals surface area contributed by atoms with E-state index in [2.05, 4.69) is 13.8 Å². The molecule has 0 aromatic carbocycles. The Kier molecular flexibility index (Phi) is 3.72. The van der Waals surface area contributed by atoms with Crippen molar-refractivity contribution in [3.63, 3.8) is 0 Å². The van der Waals surface area contributed by atoms with E-state index >= 15 is 0 Å². The molecule has 0 aliphatic heterocycles. The maximum atomic E-state index is 12.2. The maximum Gasteiger partial charge on any atom is 0.133 e. The van der Waals surface area contributed by atoms with E-state index in [1.807, 2.05) is 6.92 Å². The molecule has 0 radical (unpaired) electrons. The van der Waals surface area contributed by atoms with Gasteiger partial charge in [0.05, 0.1) is 6.10 Å². The predicted octanol–water partition coefficient (Wildman–Crippen LogP) is 4.60. The lowest BCUT2D eigenvalue weighted by molar-refractivity contribution is -0.138. The molecule has 2 nitrogen and oxygen atoms in total. The SMILES string of the molecule is CC(=O)[C@H]1CC[C@@H]2[C@H]3CC[C@@H]4C[C@@H](O)CC[C@@]4(C)[C@@H]3CC[C@@]12C. The number of fused-ring (bicyclic) bond motifs is 5. The number of rotatable bonds is 1. The second kappa shape index (κ2) is 5.31. The molecule has 130 valence electrons. The van der Waals surface area contributed by atoms with Gasteiger partial charge in [-0.1, -0.05) is 13.8 Å². The molecule has 2 heteroatoms. The van der Waals surface area contributed by atoms with Gasteiger partial charge in [0.1, 0.15) is 5.78 Å².